The van der Waals surface area contributed by atoms with E-state index in [2.05, 4.69) is 16.5 Å². The van der Waals surface area contributed by atoms with Crippen LogP contribution in [0.1, 0.15) is 18.1 Å². The third-order valence-electron chi connectivity index (χ3n) is 1.67. The molecule has 0 aliphatic carbocycles. The lowest BCUT2D eigenvalue weighted by Crippen LogP contribution is -2.03. The molecular formula is C10H15N3S. The van der Waals surface area contributed by atoms with Crippen molar-refractivity contribution in [3.63, 3.8) is 0 Å². The van der Waals surface area contributed by atoms with Crippen LogP contribution in [0.3, 0.4) is 0 Å². The molecule has 0 heterocycles. The van der Waals surface area contributed by atoms with Crippen molar-refractivity contribution >= 4 is 17.8 Å². The summed E-state index contributed by atoms with van der Waals surface area (Å²) in [7, 11) is 0. The molecule has 0 bridgehead atoms. The number of amidine groups is 1. The maximum absolute atomic E-state index is 5.54. The van der Waals surface area contributed by atoms with E-state index in [1.807, 2.05) is 12.1 Å². The maximum Gasteiger partial charge on any atom is 0.104 e. The summed E-state index contributed by atoms with van der Waals surface area (Å²) in [4.78, 5) is 0. The number of benzene rings is 1. The second-order valence-electron chi connectivity index (χ2n) is 3.03. The molecule has 0 amide bonds. The van der Waals surface area contributed by atoms with Crippen molar-refractivity contribution in [3.05, 3.63) is 35.4 Å². The van der Waals surface area contributed by atoms with Crippen LogP contribution in [-0.4, -0.2) is 5.84 Å². The Morgan fingerprint density at radius 2 is 2.14 bits per heavy atom. The molecule has 0 saturated heterocycles. The van der Waals surface area contributed by atoms with Crippen LogP contribution in [0.5, 0.6) is 0 Å². The number of rotatable bonds is 4. The van der Waals surface area contributed by atoms with Crippen molar-refractivity contribution in [3.8, 4) is 0 Å². The Balaban J connectivity index is 2.54. The monoisotopic (exact) mass is 209 g/mol. The fraction of sp³-hybridized carbons (Fsp3) is 0.300. The van der Waals surface area contributed by atoms with E-state index in [4.69, 9.17) is 11.5 Å². The smallest absolute Gasteiger partial charge is 0.104 e. The minimum Gasteiger partial charge on any atom is -0.387 e. The zero-order chi connectivity index (χ0) is 10.4. The average Bonchev–Trinajstić information content (AvgIpc) is 2.18. The molecule has 0 atom stereocenters. The van der Waals surface area contributed by atoms with E-state index in [1.165, 1.54) is 17.5 Å². The van der Waals surface area contributed by atoms with Crippen molar-refractivity contribution in [1.82, 2.24) is 0 Å². The molecule has 0 saturated carbocycles. The summed E-state index contributed by atoms with van der Waals surface area (Å²) in [6.45, 7) is 2.36. The summed E-state index contributed by atoms with van der Waals surface area (Å²) in [6, 6.07) is 8.19. The van der Waals surface area contributed by atoms with Crippen molar-refractivity contribution in [2.45, 2.75) is 19.2 Å². The molecule has 0 spiro atoms. The fourth-order valence-corrected chi connectivity index (χ4v) is 1.65. The van der Waals surface area contributed by atoms with Crippen LogP contribution in [0.25, 0.3) is 0 Å². The normalized spacial score (nSPS) is 11.7. The Labute approximate surface area is 88.7 Å². The zero-order valence-corrected chi connectivity index (χ0v) is 9.05. The molecule has 1 aromatic rings. The predicted molar refractivity (Wildman–Crippen MR) is 62.9 cm³/mol. The van der Waals surface area contributed by atoms with Crippen molar-refractivity contribution in [2.75, 3.05) is 0 Å². The zero-order valence-electron chi connectivity index (χ0n) is 8.23. The molecule has 0 unspecified atom stereocenters. The highest BCUT2D eigenvalue weighted by Crippen LogP contribution is 2.14. The lowest BCUT2D eigenvalue weighted by Gasteiger charge is -2.01. The first kappa shape index (κ1) is 11.1. The van der Waals surface area contributed by atoms with Gasteiger partial charge in [-0.05, 0) is 30.0 Å². The van der Waals surface area contributed by atoms with Gasteiger partial charge in [-0.1, -0.05) is 24.3 Å². The first-order valence-electron chi connectivity index (χ1n) is 4.42. The lowest BCUT2D eigenvalue weighted by atomic mass is 10.1. The van der Waals surface area contributed by atoms with Crippen LogP contribution in [0.2, 0.25) is 0 Å². The summed E-state index contributed by atoms with van der Waals surface area (Å²) < 4.78 is 4.06. The molecule has 3 nitrogen and oxygen atoms in total. The molecule has 0 radical (unpaired) electrons. The number of hydrogen-bond acceptors (Lipinski definition) is 3. The van der Waals surface area contributed by atoms with E-state index < -0.39 is 0 Å². The molecule has 14 heavy (non-hydrogen) atoms. The molecule has 4 N–H and O–H groups in total. The van der Waals surface area contributed by atoms with Gasteiger partial charge in [0.25, 0.3) is 0 Å². The Hall–Kier alpha value is -1.00. The van der Waals surface area contributed by atoms with E-state index >= 15 is 0 Å². The predicted octanol–water partition coefficient (Wildman–Crippen LogP) is 1.67. The minimum atomic E-state index is 0.581. The highest BCUT2D eigenvalue weighted by molar-refractivity contribution is 7.97. The molecule has 1 rings (SSSR count). The van der Waals surface area contributed by atoms with Gasteiger partial charge in [0.05, 0.1) is 0 Å². The third kappa shape index (κ3) is 3.81. The average molecular weight is 209 g/mol. The summed E-state index contributed by atoms with van der Waals surface area (Å²) in [5.41, 5.74) is 13.3. The lowest BCUT2D eigenvalue weighted by molar-refractivity contribution is 1.06. The van der Waals surface area contributed by atoms with Crippen molar-refractivity contribution in [1.29, 1.82) is 0 Å². The summed E-state index contributed by atoms with van der Waals surface area (Å²) in [5, 5.41) is 0. The van der Waals surface area contributed by atoms with Crippen molar-refractivity contribution < 1.29 is 0 Å². The molecule has 76 valence electrons. The molecule has 0 fully saturated rings. The van der Waals surface area contributed by atoms with Gasteiger partial charge in [-0.3, -0.25) is 0 Å². The topological polar surface area (TPSA) is 64.4 Å². The van der Waals surface area contributed by atoms with E-state index in [-0.39, 0.29) is 0 Å². The molecular weight excluding hydrogens is 194 g/mol. The third-order valence-corrected chi connectivity index (χ3v) is 2.55. The second-order valence-corrected chi connectivity index (χ2v) is 3.76. The van der Waals surface area contributed by atoms with Gasteiger partial charge in [-0.2, -0.15) is 0 Å². The maximum atomic E-state index is 5.54. The van der Waals surface area contributed by atoms with Gasteiger partial charge in [0.1, 0.15) is 5.84 Å². The van der Waals surface area contributed by atoms with Crippen LogP contribution in [0.15, 0.2) is 28.7 Å². The van der Waals surface area contributed by atoms with Gasteiger partial charge in [0.2, 0.25) is 0 Å². The van der Waals surface area contributed by atoms with E-state index in [1.54, 1.807) is 6.92 Å². The minimum absolute atomic E-state index is 0.581. The Morgan fingerprint density at radius 3 is 2.79 bits per heavy atom. The van der Waals surface area contributed by atoms with Gasteiger partial charge in [-0.25, -0.2) is 4.40 Å². The quantitative estimate of drug-likeness (QED) is 0.450. The first-order chi connectivity index (χ1) is 6.72. The van der Waals surface area contributed by atoms with Gasteiger partial charge in [0, 0.05) is 12.3 Å². The molecule has 1 aromatic carbocycles. The van der Waals surface area contributed by atoms with Gasteiger partial charge in [-0.15, -0.1) is 0 Å². The standard InChI is InChI=1S/C10H15N3S/c1-8(12)13-14-7-10-4-2-3-9(5-10)6-11/h2-5H,6-7,11H2,1H3,(H2,12,13). The Kier molecular flexibility index (Phi) is 4.49. The SMILES string of the molecule is C/C(N)=N/SCc1cccc(CN)c1. The molecule has 0 aromatic heterocycles. The molecule has 0 aliphatic heterocycles. The largest absolute Gasteiger partial charge is 0.387 e. The highest BCUT2D eigenvalue weighted by Gasteiger charge is 1.94. The number of nitrogens with two attached hydrogens (primary N) is 2. The van der Waals surface area contributed by atoms with Crippen molar-refractivity contribution in [2.24, 2.45) is 15.9 Å². The van der Waals surface area contributed by atoms with Crippen LogP contribution < -0.4 is 11.5 Å². The van der Waals surface area contributed by atoms with Crippen LogP contribution in [0, 0.1) is 0 Å². The number of nitrogens with zero attached hydrogens (tertiary/aromatic N) is 1. The summed E-state index contributed by atoms with van der Waals surface area (Å²) >= 11 is 1.46. The fourth-order valence-electron chi connectivity index (χ4n) is 1.06. The van der Waals surface area contributed by atoms with Gasteiger partial charge in [0.15, 0.2) is 0 Å². The Bertz CT molecular complexity index is 319. The first-order valence-corrected chi connectivity index (χ1v) is 5.36. The van der Waals surface area contributed by atoms with E-state index in [0.29, 0.717) is 12.4 Å². The highest BCUT2D eigenvalue weighted by atomic mass is 32.2. The summed E-state index contributed by atoms with van der Waals surface area (Å²) in [5.74, 6) is 1.44. The van der Waals surface area contributed by atoms with Gasteiger partial charge < -0.3 is 11.5 Å². The van der Waals surface area contributed by atoms with Crippen LogP contribution >= 0.6 is 11.9 Å². The Morgan fingerprint density at radius 1 is 1.43 bits per heavy atom. The van der Waals surface area contributed by atoms with E-state index in [0.717, 1.165) is 11.3 Å². The second kappa shape index (κ2) is 5.67. The van der Waals surface area contributed by atoms with Crippen LogP contribution in [-0.2, 0) is 12.3 Å². The molecule has 4 heteroatoms. The van der Waals surface area contributed by atoms with Crippen LogP contribution in [0.4, 0.5) is 0 Å². The molecule has 0 aliphatic rings. The van der Waals surface area contributed by atoms with Gasteiger partial charge >= 0.3 is 0 Å². The van der Waals surface area contributed by atoms with E-state index in [9.17, 15) is 0 Å². The number of hydrogen-bond donors (Lipinski definition) is 2. The summed E-state index contributed by atoms with van der Waals surface area (Å²) in [6.07, 6.45) is 0.